The highest BCUT2D eigenvalue weighted by atomic mass is 16.5. The maximum absolute atomic E-state index is 12.2. The molecule has 20 heavy (non-hydrogen) atoms. The van der Waals surface area contributed by atoms with Crippen LogP contribution in [0.2, 0.25) is 0 Å². The lowest BCUT2D eigenvalue weighted by molar-refractivity contribution is -0.148. The van der Waals surface area contributed by atoms with Gasteiger partial charge in [-0.25, -0.2) is 0 Å². The number of rotatable bonds is 6. The van der Waals surface area contributed by atoms with Crippen LogP contribution in [0.3, 0.4) is 0 Å². The Morgan fingerprint density at radius 3 is 3.00 bits per heavy atom. The number of hydrogen-bond donors (Lipinski definition) is 2. The van der Waals surface area contributed by atoms with Crippen LogP contribution in [-0.2, 0) is 14.3 Å². The van der Waals surface area contributed by atoms with Gasteiger partial charge in [-0.3, -0.25) is 4.79 Å². The Balaban J connectivity index is 1.85. The van der Waals surface area contributed by atoms with Crippen LogP contribution in [0.15, 0.2) is 0 Å². The fourth-order valence-electron chi connectivity index (χ4n) is 3.09. The molecule has 2 aliphatic rings. The standard InChI is InChI=1S/C15H28N2O3/c1-2-20-15(18)14(13-6-4-8-19-11-13)17-10-12-5-3-7-16-9-12/h12-14,16-17H,2-11H2,1H3. The van der Waals surface area contributed by atoms with Gasteiger partial charge in [0.2, 0.25) is 0 Å². The SMILES string of the molecule is CCOC(=O)C(NCC1CCCNC1)C1CCCOC1. The Kier molecular flexibility index (Phi) is 6.76. The van der Waals surface area contributed by atoms with Gasteiger partial charge < -0.3 is 20.1 Å². The van der Waals surface area contributed by atoms with Gasteiger partial charge in [-0.2, -0.15) is 0 Å². The van der Waals surface area contributed by atoms with Crippen LogP contribution in [0.25, 0.3) is 0 Å². The fourth-order valence-corrected chi connectivity index (χ4v) is 3.09. The number of carbonyl (C=O) groups excluding carboxylic acids is 1. The maximum Gasteiger partial charge on any atom is 0.323 e. The van der Waals surface area contributed by atoms with Gasteiger partial charge in [0.15, 0.2) is 0 Å². The monoisotopic (exact) mass is 284 g/mol. The zero-order valence-electron chi connectivity index (χ0n) is 12.5. The van der Waals surface area contributed by atoms with Crippen molar-refractivity contribution in [3.8, 4) is 0 Å². The average Bonchev–Trinajstić information content (AvgIpc) is 2.50. The molecule has 2 rings (SSSR count). The van der Waals surface area contributed by atoms with Gasteiger partial charge in [-0.15, -0.1) is 0 Å². The molecule has 5 nitrogen and oxygen atoms in total. The van der Waals surface area contributed by atoms with Gasteiger partial charge in [0.25, 0.3) is 0 Å². The first kappa shape index (κ1) is 15.7. The Labute approximate surface area is 121 Å². The van der Waals surface area contributed by atoms with Gasteiger partial charge in [0.1, 0.15) is 6.04 Å². The molecule has 2 aliphatic heterocycles. The molecule has 2 heterocycles. The zero-order chi connectivity index (χ0) is 14.2. The van der Waals surface area contributed by atoms with Crippen molar-refractivity contribution in [3.05, 3.63) is 0 Å². The molecule has 0 aromatic carbocycles. The average molecular weight is 284 g/mol. The molecular weight excluding hydrogens is 256 g/mol. The predicted molar refractivity (Wildman–Crippen MR) is 77.6 cm³/mol. The molecule has 2 fully saturated rings. The molecule has 0 aliphatic carbocycles. The first-order valence-corrected chi connectivity index (χ1v) is 7.99. The summed E-state index contributed by atoms with van der Waals surface area (Å²) >= 11 is 0. The van der Waals surface area contributed by atoms with E-state index in [0.717, 1.165) is 39.1 Å². The summed E-state index contributed by atoms with van der Waals surface area (Å²) in [6, 6.07) is -0.211. The summed E-state index contributed by atoms with van der Waals surface area (Å²) in [5.74, 6) is 0.747. The summed E-state index contributed by atoms with van der Waals surface area (Å²) in [5.41, 5.74) is 0. The third-order valence-corrected chi connectivity index (χ3v) is 4.23. The van der Waals surface area contributed by atoms with Crippen molar-refractivity contribution in [3.63, 3.8) is 0 Å². The number of hydrogen-bond acceptors (Lipinski definition) is 5. The van der Waals surface area contributed by atoms with Crippen molar-refractivity contribution in [1.82, 2.24) is 10.6 Å². The molecule has 2 saturated heterocycles. The van der Waals surface area contributed by atoms with E-state index in [-0.39, 0.29) is 17.9 Å². The van der Waals surface area contributed by atoms with E-state index < -0.39 is 0 Å². The molecule has 0 saturated carbocycles. The van der Waals surface area contributed by atoms with E-state index in [1.807, 2.05) is 6.92 Å². The minimum Gasteiger partial charge on any atom is -0.465 e. The second kappa shape index (κ2) is 8.60. The van der Waals surface area contributed by atoms with Crippen molar-refractivity contribution in [2.75, 3.05) is 39.5 Å². The van der Waals surface area contributed by atoms with E-state index in [0.29, 0.717) is 19.1 Å². The third-order valence-electron chi connectivity index (χ3n) is 4.23. The normalized spacial score (nSPS) is 28.9. The molecule has 0 amide bonds. The summed E-state index contributed by atoms with van der Waals surface area (Å²) in [4.78, 5) is 12.2. The van der Waals surface area contributed by atoms with Crippen LogP contribution in [0.5, 0.6) is 0 Å². The quantitative estimate of drug-likeness (QED) is 0.711. The Hall–Kier alpha value is -0.650. The molecule has 0 spiro atoms. The van der Waals surface area contributed by atoms with Crippen molar-refractivity contribution in [1.29, 1.82) is 0 Å². The molecule has 3 unspecified atom stereocenters. The van der Waals surface area contributed by atoms with E-state index >= 15 is 0 Å². The van der Waals surface area contributed by atoms with Crippen LogP contribution in [-0.4, -0.2) is 51.5 Å². The Morgan fingerprint density at radius 2 is 2.35 bits per heavy atom. The highest BCUT2D eigenvalue weighted by Gasteiger charge is 2.31. The van der Waals surface area contributed by atoms with Gasteiger partial charge in [0.05, 0.1) is 13.2 Å². The van der Waals surface area contributed by atoms with Gasteiger partial charge >= 0.3 is 5.97 Å². The first-order valence-electron chi connectivity index (χ1n) is 7.99. The fraction of sp³-hybridized carbons (Fsp3) is 0.933. The van der Waals surface area contributed by atoms with Gasteiger partial charge in [-0.1, -0.05) is 0 Å². The van der Waals surface area contributed by atoms with Crippen LogP contribution < -0.4 is 10.6 Å². The van der Waals surface area contributed by atoms with E-state index in [9.17, 15) is 4.79 Å². The highest BCUT2D eigenvalue weighted by molar-refractivity contribution is 5.76. The number of nitrogens with one attached hydrogen (secondary N) is 2. The molecular formula is C15H28N2O3. The first-order chi connectivity index (χ1) is 9.81. The lowest BCUT2D eigenvalue weighted by Crippen LogP contribution is -2.49. The molecule has 0 bridgehead atoms. The second-order valence-corrected chi connectivity index (χ2v) is 5.83. The molecule has 0 radical (unpaired) electrons. The largest absolute Gasteiger partial charge is 0.465 e. The van der Waals surface area contributed by atoms with E-state index in [1.54, 1.807) is 0 Å². The van der Waals surface area contributed by atoms with Gasteiger partial charge in [-0.05, 0) is 58.2 Å². The molecule has 116 valence electrons. The Morgan fingerprint density at radius 1 is 1.45 bits per heavy atom. The number of carbonyl (C=O) groups is 1. The molecule has 2 N–H and O–H groups in total. The number of ether oxygens (including phenoxy) is 2. The third kappa shape index (κ3) is 4.72. The van der Waals surface area contributed by atoms with Crippen LogP contribution in [0.4, 0.5) is 0 Å². The van der Waals surface area contributed by atoms with Crippen molar-refractivity contribution in [2.45, 2.75) is 38.6 Å². The van der Waals surface area contributed by atoms with E-state index in [2.05, 4.69) is 10.6 Å². The lowest BCUT2D eigenvalue weighted by atomic mass is 9.92. The van der Waals surface area contributed by atoms with E-state index in [1.165, 1.54) is 12.8 Å². The van der Waals surface area contributed by atoms with Crippen molar-refractivity contribution < 1.29 is 14.3 Å². The van der Waals surface area contributed by atoms with Gasteiger partial charge in [0, 0.05) is 12.5 Å². The molecule has 5 heteroatoms. The summed E-state index contributed by atoms with van der Waals surface area (Å²) in [7, 11) is 0. The van der Waals surface area contributed by atoms with Crippen LogP contribution in [0, 0.1) is 11.8 Å². The zero-order valence-corrected chi connectivity index (χ0v) is 12.5. The summed E-state index contributed by atoms with van der Waals surface area (Å²) in [5, 5.41) is 6.86. The molecule has 3 atom stereocenters. The molecule has 0 aromatic heterocycles. The van der Waals surface area contributed by atoms with Crippen molar-refractivity contribution in [2.24, 2.45) is 11.8 Å². The highest BCUT2D eigenvalue weighted by Crippen LogP contribution is 2.19. The Bertz CT molecular complexity index is 287. The maximum atomic E-state index is 12.2. The van der Waals surface area contributed by atoms with E-state index in [4.69, 9.17) is 9.47 Å². The number of piperidine rings is 1. The minimum atomic E-state index is -0.211. The smallest absolute Gasteiger partial charge is 0.323 e. The topological polar surface area (TPSA) is 59.6 Å². The summed E-state index contributed by atoms with van der Waals surface area (Å²) in [6.07, 6.45) is 4.53. The minimum absolute atomic E-state index is 0.119. The second-order valence-electron chi connectivity index (χ2n) is 5.83. The predicted octanol–water partition coefficient (Wildman–Crippen LogP) is 0.934. The summed E-state index contributed by atoms with van der Waals surface area (Å²) in [6.45, 7) is 6.83. The molecule has 0 aromatic rings. The van der Waals surface area contributed by atoms with Crippen LogP contribution >= 0.6 is 0 Å². The van der Waals surface area contributed by atoms with Crippen molar-refractivity contribution >= 4 is 5.97 Å². The summed E-state index contributed by atoms with van der Waals surface area (Å²) < 4.78 is 10.7. The van der Waals surface area contributed by atoms with Crippen LogP contribution in [0.1, 0.15) is 32.6 Å². The lowest BCUT2D eigenvalue weighted by Gasteiger charge is -2.31. The number of esters is 1.